The molecule has 0 saturated carbocycles. The fourth-order valence-electron chi connectivity index (χ4n) is 2.00. The van der Waals surface area contributed by atoms with Crippen molar-refractivity contribution in [2.75, 3.05) is 6.61 Å². The minimum Gasteiger partial charge on any atom is -0.466 e. The largest absolute Gasteiger partial charge is 0.466 e. The number of halogens is 2. The molecule has 122 valence electrons. The zero-order chi connectivity index (χ0) is 16.8. The summed E-state index contributed by atoms with van der Waals surface area (Å²) in [4.78, 5) is 11.6. The third-order valence-electron chi connectivity index (χ3n) is 3.06. The van der Waals surface area contributed by atoms with E-state index in [0.717, 1.165) is 10.0 Å². The topological polar surface area (TPSA) is 55.8 Å². The van der Waals surface area contributed by atoms with E-state index in [2.05, 4.69) is 15.9 Å². The second kappa shape index (κ2) is 8.34. The van der Waals surface area contributed by atoms with E-state index < -0.39 is 0 Å². The van der Waals surface area contributed by atoms with Crippen molar-refractivity contribution in [2.45, 2.75) is 20.0 Å². The van der Waals surface area contributed by atoms with Gasteiger partial charge in [0, 0.05) is 10.0 Å². The number of carbonyl (C=O) groups is 1. The molecular weight excluding hydrogens is 384 g/mol. The minimum atomic E-state index is -0.305. The maximum Gasteiger partial charge on any atom is 0.310 e. The summed E-state index contributed by atoms with van der Waals surface area (Å²) >= 11 is 9.50. The number of carbonyl (C=O) groups excluding carboxylic acids is 1. The summed E-state index contributed by atoms with van der Waals surface area (Å²) in [6, 6.07) is 10.4. The zero-order valence-corrected chi connectivity index (χ0v) is 14.9. The van der Waals surface area contributed by atoms with Crippen molar-refractivity contribution < 1.29 is 19.4 Å². The number of aliphatic hydroxyl groups excluding tert-OH is 1. The van der Waals surface area contributed by atoms with Gasteiger partial charge in [-0.3, -0.25) is 4.79 Å². The van der Waals surface area contributed by atoms with Crippen LogP contribution in [-0.4, -0.2) is 17.7 Å². The highest BCUT2D eigenvalue weighted by molar-refractivity contribution is 9.10. The second-order valence-corrected chi connectivity index (χ2v) is 6.08. The van der Waals surface area contributed by atoms with Crippen LogP contribution in [0.25, 0.3) is 0 Å². The van der Waals surface area contributed by atoms with E-state index in [1.807, 2.05) is 6.07 Å². The Bertz CT molecular complexity index is 703. The van der Waals surface area contributed by atoms with Crippen molar-refractivity contribution in [1.29, 1.82) is 0 Å². The predicted octanol–water partition coefficient (Wildman–Crippen LogP) is 4.49. The lowest BCUT2D eigenvalue weighted by atomic mass is 10.1. The Labute approximate surface area is 148 Å². The van der Waals surface area contributed by atoms with Crippen molar-refractivity contribution in [2.24, 2.45) is 0 Å². The van der Waals surface area contributed by atoms with Gasteiger partial charge in [0.05, 0.1) is 24.7 Å². The lowest BCUT2D eigenvalue weighted by Crippen LogP contribution is -2.07. The summed E-state index contributed by atoms with van der Waals surface area (Å²) in [6.45, 7) is 1.95. The molecule has 0 atom stereocenters. The summed E-state index contributed by atoms with van der Waals surface area (Å²) in [5, 5.41) is 9.85. The van der Waals surface area contributed by atoms with Gasteiger partial charge in [-0.1, -0.05) is 33.6 Å². The van der Waals surface area contributed by atoms with Gasteiger partial charge >= 0.3 is 5.97 Å². The Hall–Kier alpha value is -1.56. The summed E-state index contributed by atoms with van der Waals surface area (Å²) in [6.07, 6.45) is 0.147. The molecule has 0 aliphatic rings. The van der Waals surface area contributed by atoms with E-state index in [4.69, 9.17) is 21.1 Å². The van der Waals surface area contributed by atoms with Crippen LogP contribution in [0.1, 0.15) is 18.1 Å². The molecule has 4 nitrogen and oxygen atoms in total. The van der Waals surface area contributed by atoms with Gasteiger partial charge in [-0.25, -0.2) is 0 Å². The number of ether oxygens (including phenoxy) is 2. The molecule has 0 aliphatic carbocycles. The van der Waals surface area contributed by atoms with Crippen molar-refractivity contribution >= 4 is 33.5 Å². The van der Waals surface area contributed by atoms with Gasteiger partial charge in [0.15, 0.2) is 0 Å². The Kier molecular flexibility index (Phi) is 6.45. The molecule has 0 aliphatic heterocycles. The zero-order valence-electron chi connectivity index (χ0n) is 12.5. The number of aliphatic hydroxyl groups is 1. The van der Waals surface area contributed by atoms with Gasteiger partial charge in [0.2, 0.25) is 0 Å². The van der Waals surface area contributed by atoms with Gasteiger partial charge in [0.1, 0.15) is 11.5 Å². The highest BCUT2D eigenvalue weighted by atomic mass is 79.9. The third-order valence-corrected chi connectivity index (χ3v) is 3.87. The van der Waals surface area contributed by atoms with Crippen LogP contribution >= 0.6 is 27.5 Å². The molecule has 2 rings (SSSR count). The summed E-state index contributed by atoms with van der Waals surface area (Å²) in [5.74, 6) is 0.622. The molecular formula is C17H16BrClO4. The van der Waals surface area contributed by atoms with Crippen LogP contribution in [0.5, 0.6) is 11.5 Å². The van der Waals surface area contributed by atoms with Crippen molar-refractivity contribution in [1.82, 2.24) is 0 Å². The van der Waals surface area contributed by atoms with E-state index in [1.54, 1.807) is 37.3 Å². The Morgan fingerprint density at radius 3 is 2.70 bits per heavy atom. The minimum absolute atomic E-state index is 0.147. The van der Waals surface area contributed by atoms with Crippen LogP contribution in [-0.2, 0) is 22.6 Å². The highest BCUT2D eigenvalue weighted by Crippen LogP contribution is 2.33. The van der Waals surface area contributed by atoms with E-state index in [-0.39, 0.29) is 19.0 Å². The van der Waals surface area contributed by atoms with E-state index in [1.165, 1.54) is 0 Å². The molecule has 0 radical (unpaired) electrons. The molecule has 1 N–H and O–H groups in total. The van der Waals surface area contributed by atoms with E-state index in [9.17, 15) is 9.90 Å². The smallest absolute Gasteiger partial charge is 0.310 e. The highest BCUT2D eigenvalue weighted by Gasteiger charge is 2.11. The average molecular weight is 400 g/mol. The lowest BCUT2D eigenvalue weighted by Gasteiger charge is -2.12. The molecule has 0 bridgehead atoms. The summed E-state index contributed by atoms with van der Waals surface area (Å²) in [7, 11) is 0. The maximum atomic E-state index is 11.6. The average Bonchev–Trinajstić information content (AvgIpc) is 2.52. The first-order valence-corrected chi connectivity index (χ1v) is 8.21. The van der Waals surface area contributed by atoms with Crippen molar-refractivity contribution in [3.05, 3.63) is 57.0 Å². The number of hydrogen-bond acceptors (Lipinski definition) is 4. The molecule has 2 aromatic rings. The first-order valence-electron chi connectivity index (χ1n) is 7.04. The standard InChI is InChI=1S/C17H16BrClO4/c1-2-22-17(21)8-11-3-5-14(19)16(7-11)23-15-6-4-13(18)9-12(15)10-20/h3-7,9,20H,2,8,10H2,1H3. The van der Waals surface area contributed by atoms with Gasteiger partial charge in [-0.05, 0) is 42.8 Å². The van der Waals surface area contributed by atoms with Gasteiger partial charge in [-0.15, -0.1) is 0 Å². The van der Waals surface area contributed by atoms with Gasteiger partial charge in [0.25, 0.3) is 0 Å². The van der Waals surface area contributed by atoms with Crippen LogP contribution in [0.4, 0.5) is 0 Å². The molecule has 6 heteroatoms. The Morgan fingerprint density at radius 2 is 2.00 bits per heavy atom. The number of rotatable bonds is 6. The van der Waals surface area contributed by atoms with Crippen LogP contribution in [0, 0.1) is 0 Å². The van der Waals surface area contributed by atoms with E-state index >= 15 is 0 Å². The number of benzene rings is 2. The summed E-state index contributed by atoms with van der Waals surface area (Å²) in [5.41, 5.74) is 1.37. The van der Waals surface area contributed by atoms with Crippen molar-refractivity contribution in [3.63, 3.8) is 0 Å². The first-order chi connectivity index (χ1) is 11.0. The van der Waals surface area contributed by atoms with Crippen LogP contribution in [0.2, 0.25) is 5.02 Å². The molecule has 0 fully saturated rings. The summed E-state index contributed by atoms with van der Waals surface area (Å²) < 4.78 is 11.6. The van der Waals surface area contributed by atoms with Crippen LogP contribution in [0.15, 0.2) is 40.9 Å². The third kappa shape index (κ3) is 4.96. The van der Waals surface area contributed by atoms with Gasteiger partial charge in [-0.2, -0.15) is 0 Å². The lowest BCUT2D eigenvalue weighted by molar-refractivity contribution is -0.142. The first kappa shape index (κ1) is 17.8. The number of hydrogen-bond donors (Lipinski definition) is 1. The van der Waals surface area contributed by atoms with E-state index in [0.29, 0.717) is 28.7 Å². The molecule has 23 heavy (non-hydrogen) atoms. The normalized spacial score (nSPS) is 10.4. The molecule has 0 saturated heterocycles. The Morgan fingerprint density at radius 1 is 1.22 bits per heavy atom. The second-order valence-electron chi connectivity index (χ2n) is 4.76. The van der Waals surface area contributed by atoms with Crippen LogP contribution < -0.4 is 4.74 Å². The quantitative estimate of drug-likeness (QED) is 0.727. The van der Waals surface area contributed by atoms with Crippen LogP contribution in [0.3, 0.4) is 0 Å². The molecule has 0 unspecified atom stereocenters. The molecule has 0 aromatic heterocycles. The maximum absolute atomic E-state index is 11.6. The Balaban J connectivity index is 2.24. The molecule has 2 aromatic carbocycles. The number of esters is 1. The predicted molar refractivity (Wildman–Crippen MR) is 91.9 cm³/mol. The molecule has 0 amide bonds. The SMILES string of the molecule is CCOC(=O)Cc1ccc(Cl)c(Oc2ccc(Br)cc2CO)c1. The van der Waals surface area contributed by atoms with Gasteiger partial charge < -0.3 is 14.6 Å². The molecule has 0 heterocycles. The fraction of sp³-hybridized carbons (Fsp3) is 0.235. The monoisotopic (exact) mass is 398 g/mol. The molecule has 0 spiro atoms. The fourth-order valence-corrected chi connectivity index (χ4v) is 2.57. The van der Waals surface area contributed by atoms with Crippen molar-refractivity contribution in [3.8, 4) is 11.5 Å².